The van der Waals surface area contributed by atoms with Gasteiger partial charge < -0.3 is 15.0 Å². The molecule has 0 radical (unpaired) electrons. The molecule has 21 heavy (non-hydrogen) atoms. The molecule has 2 aromatic rings. The summed E-state index contributed by atoms with van der Waals surface area (Å²) in [6, 6.07) is 6.17. The quantitative estimate of drug-likeness (QED) is 0.943. The second-order valence-electron chi connectivity index (χ2n) is 7.15. The Bertz CT molecular complexity index is 623. The number of aromatic nitrogens is 2. The van der Waals surface area contributed by atoms with Crippen LogP contribution in [0.4, 0.5) is 5.82 Å². The van der Waals surface area contributed by atoms with Crippen LogP contribution in [0.25, 0.3) is 5.65 Å². The Hall–Kier alpha value is -1.55. The number of anilines is 1. The largest absolute Gasteiger partial charge is 0.355 e. The molecule has 0 aromatic carbocycles. The summed E-state index contributed by atoms with van der Waals surface area (Å²) in [6.45, 7) is 9.88. The van der Waals surface area contributed by atoms with Crippen LogP contribution in [0.2, 0.25) is 0 Å². The molecule has 3 rings (SSSR count). The van der Waals surface area contributed by atoms with Crippen molar-refractivity contribution in [3.63, 3.8) is 0 Å². The molecular weight excluding hydrogens is 260 g/mol. The number of rotatable bonds is 3. The van der Waals surface area contributed by atoms with Crippen LogP contribution in [0.1, 0.15) is 32.9 Å². The average Bonchev–Trinajstić information content (AvgIpc) is 3.03. The van der Waals surface area contributed by atoms with Crippen LogP contribution in [0, 0.1) is 11.3 Å². The van der Waals surface area contributed by atoms with Gasteiger partial charge >= 0.3 is 0 Å². The molecule has 1 aliphatic rings. The molecule has 0 saturated carbocycles. The third-order valence-corrected chi connectivity index (χ3v) is 4.70. The van der Waals surface area contributed by atoms with Crippen LogP contribution < -0.4 is 10.6 Å². The lowest BCUT2D eigenvalue weighted by Crippen LogP contribution is -2.26. The third-order valence-electron chi connectivity index (χ3n) is 4.70. The highest BCUT2D eigenvalue weighted by molar-refractivity contribution is 5.56. The minimum atomic E-state index is 0.363. The number of fused-ring (bicyclic) bond motifs is 1. The molecule has 2 N–H and O–H groups in total. The van der Waals surface area contributed by atoms with Crippen molar-refractivity contribution in [2.24, 2.45) is 17.1 Å². The smallest absolute Gasteiger partial charge is 0.151 e. The zero-order valence-electron chi connectivity index (χ0n) is 13.3. The maximum atomic E-state index is 5.82. The Labute approximate surface area is 127 Å². The number of imidazole rings is 1. The summed E-state index contributed by atoms with van der Waals surface area (Å²) in [5.41, 5.74) is 8.45. The monoisotopic (exact) mass is 286 g/mol. The van der Waals surface area contributed by atoms with Crippen LogP contribution in [-0.2, 0) is 6.42 Å². The van der Waals surface area contributed by atoms with Crippen LogP contribution in [0.3, 0.4) is 0 Å². The standard InChI is InChI=1S/C17H26N4/c1-17(2,3)13-8-11-20(12-13)16-14(7-9-18)21-10-5-4-6-15(21)19-16/h4-6,10,13H,7-9,11-12,18H2,1-3H3. The summed E-state index contributed by atoms with van der Waals surface area (Å²) >= 11 is 0. The van der Waals surface area contributed by atoms with E-state index in [2.05, 4.69) is 48.4 Å². The van der Waals surface area contributed by atoms with E-state index in [1.807, 2.05) is 6.07 Å². The van der Waals surface area contributed by atoms with Crippen molar-refractivity contribution in [1.29, 1.82) is 0 Å². The Balaban J connectivity index is 1.95. The minimum absolute atomic E-state index is 0.363. The lowest BCUT2D eigenvalue weighted by molar-refractivity contribution is 0.263. The van der Waals surface area contributed by atoms with E-state index in [1.165, 1.54) is 12.1 Å². The number of nitrogens with zero attached hydrogens (tertiary/aromatic N) is 3. The van der Waals surface area contributed by atoms with Gasteiger partial charge in [0.1, 0.15) is 5.65 Å². The SMILES string of the molecule is CC(C)(C)C1CCN(c2nc3ccccn3c2CCN)C1. The highest BCUT2D eigenvalue weighted by Gasteiger charge is 2.33. The first-order valence-corrected chi connectivity index (χ1v) is 7.91. The van der Waals surface area contributed by atoms with E-state index < -0.39 is 0 Å². The topological polar surface area (TPSA) is 46.6 Å². The van der Waals surface area contributed by atoms with Crippen molar-refractivity contribution in [1.82, 2.24) is 9.38 Å². The van der Waals surface area contributed by atoms with Gasteiger partial charge in [0.25, 0.3) is 0 Å². The first-order chi connectivity index (χ1) is 10.0. The maximum Gasteiger partial charge on any atom is 0.151 e. The van der Waals surface area contributed by atoms with E-state index >= 15 is 0 Å². The minimum Gasteiger partial charge on any atom is -0.355 e. The zero-order chi connectivity index (χ0) is 15.0. The zero-order valence-corrected chi connectivity index (χ0v) is 13.3. The Morgan fingerprint density at radius 2 is 2.14 bits per heavy atom. The van der Waals surface area contributed by atoms with Crippen molar-refractivity contribution >= 4 is 11.5 Å². The fourth-order valence-corrected chi connectivity index (χ4v) is 3.32. The molecule has 0 spiro atoms. The fraction of sp³-hybridized carbons (Fsp3) is 0.588. The summed E-state index contributed by atoms with van der Waals surface area (Å²) in [4.78, 5) is 7.32. The number of hydrogen-bond acceptors (Lipinski definition) is 3. The summed E-state index contributed by atoms with van der Waals surface area (Å²) in [5, 5.41) is 0. The first-order valence-electron chi connectivity index (χ1n) is 7.91. The fourth-order valence-electron chi connectivity index (χ4n) is 3.32. The summed E-state index contributed by atoms with van der Waals surface area (Å²) in [5.74, 6) is 1.87. The van der Waals surface area contributed by atoms with Crippen molar-refractivity contribution < 1.29 is 0 Å². The number of pyridine rings is 1. The highest BCUT2D eigenvalue weighted by Crippen LogP contribution is 2.36. The van der Waals surface area contributed by atoms with Crippen molar-refractivity contribution in [3.05, 3.63) is 30.1 Å². The van der Waals surface area contributed by atoms with Gasteiger partial charge in [0.2, 0.25) is 0 Å². The number of nitrogens with two attached hydrogens (primary N) is 1. The van der Waals surface area contributed by atoms with Gasteiger partial charge in [-0.05, 0) is 36.4 Å². The van der Waals surface area contributed by atoms with Gasteiger partial charge in [-0.15, -0.1) is 0 Å². The molecule has 4 nitrogen and oxygen atoms in total. The van der Waals surface area contributed by atoms with Gasteiger partial charge in [-0.25, -0.2) is 4.98 Å². The average molecular weight is 286 g/mol. The van der Waals surface area contributed by atoms with E-state index in [-0.39, 0.29) is 0 Å². The normalized spacial score (nSPS) is 19.6. The van der Waals surface area contributed by atoms with Crippen molar-refractivity contribution in [3.8, 4) is 0 Å². The van der Waals surface area contributed by atoms with Crippen LogP contribution in [-0.4, -0.2) is 29.0 Å². The van der Waals surface area contributed by atoms with E-state index in [0.717, 1.165) is 36.9 Å². The first kappa shape index (κ1) is 14.4. The van der Waals surface area contributed by atoms with E-state index in [1.54, 1.807) is 0 Å². The highest BCUT2D eigenvalue weighted by atomic mass is 15.2. The molecule has 2 aromatic heterocycles. The molecule has 0 amide bonds. The molecule has 1 atom stereocenters. The molecule has 3 heterocycles. The predicted octanol–water partition coefficient (Wildman–Crippen LogP) is 2.71. The molecule has 1 fully saturated rings. The number of hydrogen-bond donors (Lipinski definition) is 1. The molecule has 0 bridgehead atoms. The molecule has 1 saturated heterocycles. The Morgan fingerprint density at radius 3 is 2.81 bits per heavy atom. The van der Waals surface area contributed by atoms with Gasteiger partial charge in [0.15, 0.2) is 5.82 Å². The molecule has 0 aliphatic carbocycles. The molecular formula is C17H26N4. The van der Waals surface area contributed by atoms with Gasteiger partial charge in [-0.2, -0.15) is 0 Å². The summed E-state index contributed by atoms with van der Waals surface area (Å²) < 4.78 is 2.19. The van der Waals surface area contributed by atoms with Crippen LogP contribution in [0.15, 0.2) is 24.4 Å². The van der Waals surface area contributed by atoms with Crippen LogP contribution in [0.5, 0.6) is 0 Å². The van der Waals surface area contributed by atoms with Gasteiger partial charge in [0, 0.05) is 25.7 Å². The maximum absolute atomic E-state index is 5.82. The second-order valence-corrected chi connectivity index (χ2v) is 7.15. The Kier molecular flexibility index (Phi) is 3.66. The van der Waals surface area contributed by atoms with Crippen molar-refractivity contribution in [2.45, 2.75) is 33.6 Å². The predicted molar refractivity (Wildman–Crippen MR) is 87.7 cm³/mol. The van der Waals surface area contributed by atoms with E-state index in [4.69, 9.17) is 10.7 Å². The van der Waals surface area contributed by atoms with Gasteiger partial charge in [-0.1, -0.05) is 26.8 Å². The molecule has 1 unspecified atom stereocenters. The molecule has 4 heteroatoms. The molecule has 1 aliphatic heterocycles. The van der Waals surface area contributed by atoms with Gasteiger partial charge in [-0.3, -0.25) is 0 Å². The lowest BCUT2D eigenvalue weighted by Gasteiger charge is -2.27. The van der Waals surface area contributed by atoms with E-state index in [0.29, 0.717) is 12.0 Å². The lowest BCUT2D eigenvalue weighted by atomic mass is 9.80. The Morgan fingerprint density at radius 1 is 1.33 bits per heavy atom. The summed E-state index contributed by atoms with van der Waals surface area (Å²) in [7, 11) is 0. The van der Waals surface area contributed by atoms with Crippen LogP contribution >= 0.6 is 0 Å². The summed E-state index contributed by atoms with van der Waals surface area (Å²) in [6.07, 6.45) is 4.21. The third kappa shape index (κ3) is 2.64. The second kappa shape index (κ2) is 5.34. The van der Waals surface area contributed by atoms with E-state index in [9.17, 15) is 0 Å². The molecule has 114 valence electrons. The van der Waals surface area contributed by atoms with Crippen molar-refractivity contribution in [2.75, 3.05) is 24.5 Å². The van der Waals surface area contributed by atoms with Gasteiger partial charge in [0.05, 0.1) is 5.69 Å².